The van der Waals surface area contributed by atoms with Crippen LogP contribution in [0.5, 0.6) is 0 Å². The van der Waals surface area contributed by atoms with Gasteiger partial charge in [-0.05, 0) is 6.42 Å². The zero-order valence-electron chi connectivity index (χ0n) is 7.68. The molecule has 1 heterocycles. The molecule has 14 heavy (non-hydrogen) atoms. The number of nitrogens with two attached hydrogens (primary N) is 1. The molecule has 1 aliphatic heterocycles. The molecule has 1 atom stereocenters. The second-order valence-corrected chi connectivity index (χ2v) is 3.50. The summed E-state index contributed by atoms with van der Waals surface area (Å²) in [7, 11) is 0. The normalized spacial score (nSPS) is 22.9. The summed E-state index contributed by atoms with van der Waals surface area (Å²) in [5.41, 5.74) is 5.53. The van der Waals surface area contributed by atoms with Crippen LogP contribution in [0.2, 0.25) is 0 Å². The molecule has 2 N–H and O–H groups in total. The number of nitrogens with zero attached hydrogens (tertiary/aromatic N) is 1. The summed E-state index contributed by atoms with van der Waals surface area (Å²) in [5.74, 6) is -0.449. The highest BCUT2D eigenvalue weighted by molar-refractivity contribution is 5.76. The summed E-state index contributed by atoms with van der Waals surface area (Å²) in [5, 5.41) is 0. The van der Waals surface area contributed by atoms with E-state index in [-0.39, 0.29) is 6.04 Å². The third kappa shape index (κ3) is 3.53. The minimum Gasteiger partial charge on any atom is -0.341 e. The zero-order valence-corrected chi connectivity index (χ0v) is 7.68. The second-order valence-electron chi connectivity index (χ2n) is 3.50. The van der Waals surface area contributed by atoms with Gasteiger partial charge >= 0.3 is 6.18 Å². The molecule has 1 rings (SSSR count). The highest BCUT2D eigenvalue weighted by Crippen LogP contribution is 2.22. The van der Waals surface area contributed by atoms with E-state index in [4.69, 9.17) is 5.73 Å². The first kappa shape index (κ1) is 11.3. The summed E-state index contributed by atoms with van der Waals surface area (Å²) in [4.78, 5) is 12.6. The van der Waals surface area contributed by atoms with Crippen molar-refractivity contribution in [1.82, 2.24) is 4.90 Å². The Morgan fingerprint density at radius 3 is 2.57 bits per heavy atom. The Kier molecular flexibility index (Phi) is 3.36. The number of amides is 1. The molecule has 3 nitrogen and oxygen atoms in total. The lowest BCUT2D eigenvalue weighted by molar-refractivity contribution is -0.148. The van der Waals surface area contributed by atoms with Crippen LogP contribution in [0.25, 0.3) is 0 Å². The summed E-state index contributed by atoms with van der Waals surface area (Å²) >= 11 is 0. The van der Waals surface area contributed by atoms with E-state index in [1.54, 1.807) is 0 Å². The van der Waals surface area contributed by atoms with Crippen LogP contribution in [-0.4, -0.2) is 36.1 Å². The monoisotopic (exact) mass is 210 g/mol. The van der Waals surface area contributed by atoms with E-state index in [2.05, 4.69) is 0 Å². The van der Waals surface area contributed by atoms with Gasteiger partial charge in [0.05, 0.1) is 6.42 Å². The van der Waals surface area contributed by atoms with Gasteiger partial charge in [-0.3, -0.25) is 4.79 Å². The van der Waals surface area contributed by atoms with E-state index >= 15 is 0 Å². The van der Waals surface area contributed by atoms with Gasteiger partial charge in [-0.1, -0.05) is 0 Å². The van der Waals surface area contributed by atoms with E-state index in [0.29, 0.717) is 19.5 Å². The molecule has 0 spiro atoms. The fourth-order valence-corrected chi connectivity index (χ4v) is 1.42. The number of halogens is 3. The predicted octanol–water partition coefficient (Wildman–Crippen LogP) is 0.888. The maximum absolute atomic E-state index is 11.8. The quantitative estimate of drug-likeness (QED) is 0.735. The van der Waals surface area contributed by atoms with E-state index in [1.165, 1.54) is 4.90 Å². The molecule has 0 bridgehead atoms. The van der Waals surface area contributed by atoms with Gasteiger partial charge in [0.1, 0.15) is 0 Å². The van der Waals surface area contributed by atoms with Gasteiger partial charge in [-0.2, -0.15) is 13.2 Å². The molecule has 0 aliphatic carbocycles. The Bertz CT molecular complexity index is 217. The van der Waals surface area contributed by atoms with Gasteiger partial charge in [0.15, 0.2) is 0 Å². The lowest BCUT2D eigenvalue weighted by Gasteiger charge is -2.16. The van der Waals surface area contributed by atoms with Crippen LogP contribution in [-0.2, 0) is 4.79 Å². The predicted molar refractivity (Wildman–Crippen MR) is 44.5 cm³/mol. The topological polar surface area (TPSA) is 46.3 Å². The largest absolute Gasteiger partial charge is 0.389 e. The highest BCUT2D eigenvalue weighted by Gasteiger charge is 2.30. The van der Waals surface area contributed by atoms with Crippen molar-refractivity contribution in [1.29, 1.82) is 0 Å². The lowest BCUT2D eigenvalue weighted by Crippen LogP contribution is -2.32. The Balaban J connectivity index is 2.29. The minimum atomic E-state index is -4.25. The number of carbonyl (C=O) groups excluding carboxylic acids is 1. The molecule has 6 heteroatoms. The van der Waals surface area contributed by atoms with Crippen LogP contribution >= 0.6 is 0 Å². The number of alkyl halides is 3. The average molecular weight is 210 g/mol. The summed E-state index contributed by atoms with van der Waals surface area (Å²) in [6, 6.07) is -0.0789. The average Bonchev–Trinajstić information content (AvgIpc) is 2.46. The molecule has 1 fully saturated rings. The first-order valence-corrected chi connectivity index (χ1v) is 4.48. The van der Waals surface area contributed by atoms with Gasteiger partial charge in [-0.15, -0.1) is 0 Å². The first-order valence-electron chi connectivity index (χ1n) is 4.48. The van der Waals surface area contributed by atoms with Crippen molar-refractivity contribution >= 4 is 5.91 Å². The number of hydrogen-bond acceptors (Lipinski definition) is 2. The third-order valence-electron chi connectivity index (χ3n) is 2.20. The Morgan fingerprint density at radius 1 is 1.50 bits per heavy atom. The van der Waals surface area contributed by atoms with Crippen molar-refractivity contribution < 1.29 is 18.0 Å². The maximum Gasteiger partial charge on any atom is 0.389 e. The van der Waals surface area contributed by atoms with Gasteiger partial charge in [0, 0.05) is 25.6 Å². The van der Waals surface area contributed by atoms with Crippen LogP contribution in [0.3, 0.4) is 0 Å². The number of hydrogen-bond donors (Lipinski definition) is 1. The van der Waals surface area contributed by atoms with Gasteiger partial charge in [0.25, 0.3) is 0 Å². The molecule has 0 aromatic carbocycles. The van der Waals surface area contributed by atoms with E-state index < -0.39 is 24.9 Å². The third-order valence-corrected chi connectivity index (χ3v) is 2.20. The van der Waals surface area contributed by atoms with E-state index in [0.717, 1.165) is 0 Å². The fraction of sp³-hybridized carbons (Fsp3) is 0.875. The zero-order chi connectivity index (χ0) is 10.8. The molecule has 0 aromatic rings. The van der Waals surface area contributed by atoms with Crippen molar-refractivity contribution in [2.75, 3.05) is 13.1 Å². The molecule has 1 aliphatic rings. The van der Waals surface area contributed by atoms with Crippen LogP contribution in [0.1, 0.15) is 19.3 Å². The highest BCUT2D eigenvalue weighted by atomic mass is 19.4. The lowest BCUT2D eigenvalue weighted by atomic mass is 10.3. The molecule has 1 amide bonds. The van der Waals surface area contributed by atoms with E-state index in [1.807, 2.05) is 0 Å². The number of likely N-dealkylation sites (tertiary alicyclic amines) is 1. The van der Waals surface area contributed by atoms with Gasteiger partial charge in [-0.25, -0.2) is 0 Å². The molecule has 0 saturated carbocycles. The van der Waals surface area contributed by atoms with Crippen molar-refractivity contribution in [2.45, 2.75) is 31.5 Å². The van der Waals surface area contributed by atoms with Crippen LogP contribution in [0.4, 0.5) is 13.2 Å². The van der Waals surface area contributed by atoms with Crippen molar-refractivity contribution in [3.63, 3.8) is 0 Å². The first-order chi connectivity index (χ1) is 6.38. The number of carbonyl (C=O) groups is 1. The Hall–Kier alpha value is -0.780. The van der Waals surface area contributed by atoms with Gasteiger partial charge < -0.3 is 10.6 Å². The molecule has 1 saturated heterocycles. The standard InChI is InChI=1S/C8H13F3N2O/c9-8(10,11)3-1-7(14)13-4-2-6(12)5-13/h6H,1-5,12H2/t6-/m1/s1. The summed E-state index contributed by atoms with van der Waals surface area (Å²) in [6.07, 6.45) is -5.08. The Morgan fingerprint density at radius 2 is 2.14 bits per heavy atom. The van der Waals surface area contributed by atoms with Crippen molar-refractivity contribution in [2.24, 2.45) is 5.73 Å². The van der Waals surface area contributed by atoms with E-state index in [9.17, 15) is 18.0 Å². The van der Waals surface area contributed by atoms with Crippen molar-refractivity contribution in [3.8, 4) is 0 Å². The molecule has 0 aromatic heterocycles. The summed E-state index contributed by atoms with van der Waals surface area (Å²) < 4.78 is 35.4. The second kappa shape index (κ2) is 4.16. The van der Waals surface area contributed by atoms with Crippen LogP contribution < -0.4 is 5.73 Å². The molecule has 0 unspecified atom stereocenters. The van der Waals surface area contributed by atoms with Crippen molar-refractivity contribution in [3.05, 3.63) is 0 Å². The smallest absolute Gasteiger partial charge is 0.341 e. The minimum absolute atomic E-state index is 0.0789. The maximum atomic E-state index is 11.8. The molecule has 0 radical (unpaired) electrons. The van der Waals surface area contributed by atoms with Crippen LogP contribution in [0, 0.1) is 0 Å². The molecular formula is C8H13F3N2O. The van der Waals surface area contributed by atoms with Gasteiger partial charge in [0.2, 0.25) is 5.91 Å². The molecule has 82 valence electrons. The fourth-order valence-electron chi connectivity index (χ4n) is 1.42. The SMILES string of the molecule is N[C@@H]1CCN(C(=O)CCC(F)(F)F)C1. The molecular weight excluding hydrogens is 197 g/mol. The Labute approximate surface area is 80.0 Å². The summed E-state index contributed by atoms with van der Waals surface area (Å²) in [6.45, 7) is 0.870. The number of rotatable bonds is 2. The van der Waals surface area contributed by atoms with Crippen LogP contribution in [0.15, 0.2) is 0 Å².